The zero-order chi connectivity index (χ0) is 21.0. The second-order valence-electron chi connectivity index (χ2n) is 6.08. The summed E-state index contributed by atoms with van der Waals surface area (Å²) >= 11 is 0. The van der Waals surface area contributed by atoms with Gasteiger partial charge in [-0.3, -0.25) is 0 Å². The van der Waals surface area contributed by atoms with Crippen LogP contribution in [0.2, 0.25) is 0 Å². The summed E-state index contributed by atoms with van der Waals surface area (Å²) in [6.07, 6.45) is -4.56. The third kappa shape index (κ3) is 5.41. The molecule has 150 valence electrons. The standard InChI is InChI=1S/C19H16F3N5O2/c1-11-5-7-14(8-6-11)24-18-26-15(25-17(23)27-18)10-29-16(28)12-3-2-4-13(9-12)19(20,21)22/h2-9H,10H2,1H3,(H3,23,24,25,26,27). The number of carbonyl (C=O) groups excluding carboxylic acids is 1. The van der Waals surface area contributed by atoms with Crippen LogP contribution < -0.4 is 11.1 Å². The van der Waals surface area contributed by atoms with Crippen molar-refractivity contribution in [1.29, 1.82) is 0 Å². The predicted molar refractivity (Wildman–Crippen MR) is 99.3 cm³/mol. The molecule has 3 N–H and O–H groups in total. The van der Waals surface area contributed by atoms with Crippen molar-refractivity contribution in [3.8, 4) is 0 Å². The Hall–Kier alpha value is -3.69. The van der Waals surface area contributed by atoms with E-state index in [2.05, 4.69) is 20.3 Å². The van der Waals surface area contributed by atoms with Crippen LogP contribution in [0.5, 0.6) is 0 Å². The van der Waals surface area contributed by atoms with Gasteiger partial charge in [-0.1, -0.05) is 23.8 Å². The van der Waals surface area contributed by atoms with E-state index in [0.717, 1.165) is 17.7 Å². The molecule has 0 atom stereocenters. The first kappa shape index (κ1) is 20.1. The SMILES string of the molecule is Cc1ccc(Nc2nc(N)nc(COC(=O)c3cccc(C(F)(F)F)c3)n2)cc1. The van der Waals surface area contributed by atoms with E-state index < -0.39 is 17.7 Å². The molecule has 0 amide bonds. The Morgan fingerprint density at radius 1 is 1.10 bits per heavy atom. The molecule has 0 aliphatic carbocycles. The second-order valence-corrected chi connectivity index (χ2v) is 6.08. The lowest BCUT2D eigenvalue weighted by molar-refractivity contribution is -0.137. The van der Waals surface area contributed by atoms with Crippen LogP contribution >= 0.6 is 0 Å². The first-order valence-corrected chi connectivity index (χ1v) is 8.39. The molecule has 1 heterocycles. The number of halogens is 3. The van der Waals surface area contributed by atoms with Gasteiger partial charge in [-0.25, -0.2) is 4.79 Å². The van der Waals surface area contributed by atoms with Crippen LogP contribution in [0.15, 0.2) is 48.5 Å². The van der Waals surface area contributed by atoms with Crippen molar-refractivity contribution in [3.63, 3.8) is 0 Å². The quantitative estimate of drug-likeness (QED) is 0.623. The number of nitrogens with zero attached hydrogens (tertiary/aromatic N) is 3. The van der Waals surface area contributed by atoms with E-state index in [4.69, 9.17) is 10.5 Å². The monoisotopic (exact) mass is 403 g/mol. The lowest BCUT2D eigenvalue weighted by Crippen LogP contribution is -2.12. The van der Waals surface area contributed by atoms with Crippen LogP contribution in [0, 0.1) is 6.92 Å². The van der Waals surface area contributed by atoms with Crippen molar-refractivity contribution in [2.75, 3.05) is 11.1 Å². The number of rotatable bonds is 5. The van der Waals surface area contributed by atoms with Gasteiger partial charge in [0.05, 0.1) is 11.1 Å². The minimum atomic E-state index is -4.56. The average molecular weight is 403 g/mol. The van der Waals surface area contributed by atoms with Crippen molar-refractivity contribution in [2.45, 2.75) is 19.7 Å². The Morgan fingerprint density at radius 2 is 1.83 bits per heavy atom. The summed E-state index contributed by atoms with van der Waals surface area (Å²) in [5.41, 5.74) is 6.27. The molecule has 7 nitrogen and oxygen atoms in total. The Labute approximate surface area is 163 Å². The molecule has 29 heavy (non-hydrogen) atoms. The van der Waals surface area contributed by atoms with E-state index in [1.165, 1.54) is 6.07 Å². The Balaban J connectivity index is 1.70. The molecule has 0 unspecified atom stereocenters. The molecule has 0 spiro atoms. The first-order chi connectivity index (χ1) is 13.7. The van der Waals surface area contributed by atoms with Crippen LogP contribution in [-0.2, 0) is 17.5 Å². The number of nitrogens with two attached hydrogens (primary N) is 1. The molecule has 0 fully saturated rings. The Morgan fingerprint density at radius 3 is 2.52 bits per heavy atom. The first-order valence-electron chi connectivity index (χ1n) is 8.39. The number of hydrogen-bond acceptors (Lipinski definition) is 7. The fourth-order valence-electron chi connectivity index (χ4n) is 2.36. The summed E-state index contributed by atoms with van der Waals surface area (Å²) in [5.74, 6) is -0.846. The van der Waals surface area contributed by atoms with Crippen molar-refractivity contribution in [2.24, 2.45) is 0 Å². The van der Waals surface area contributed by atoms with E-state index in [-0.39, 0.29) is 29.9 Å². The Bertz CT molecular complexity index is 1020. The highest BCUT2D eigenvalue weighted by atomic mass is 19.4. The molecule has 0 aliphatic heterocycles. The third-order valence-electron chi connectivity index (χ3n) is 3.76. The van der Waals surface area contributed by atoms with E-state index in [1.807, 2.05) is 31.2 Å². The smallest absolute Gasteiger partial charge is 0.416 e. The predicted octanol–water partition coefficient (Wildman–Crippen LogP) is 3.88. The van der Waals surface area contributed by atoms with Gasteiger partial charge in [0.1, 0.15) is 0 Å². The molecule has 0 saturated carbocycles. The molecule has 0 aliphatic rings. The van der Waals surface area contributed by atoms with E-state index >= 15 is 0 Å². The molecule has 2 aromatic carbocycles. The lowest BCUT2D eigenvalue weighted by Gasteiger charge is -2.10. The largest absolute Gasteiger partial charge is 0.454 e. The van der Waals surface area contributed by atoms with Gasteiger partial charge >= 0.3 is 12.1 Å². The molecule has 0 saturated heterocycles. The van der Waals surface area contributed by atoms with Crippen LogP contribution in [0.3, 0.4) is 0 Å². The number of anilines is 3. The minimum absolute atomic E-state index is 0.0486. The number of alkyl halides is 3. The number of benzene rings is 2. The van der Waals surface area contributed by atoms with Crippen LogP contribution in [0.1, 0.15) is 27.3 Å². The van der Waals surface area contributed by atoms with Crippen LogP contribution in [-0.4, -0.2) is 20.9 Å². The van der Waals surface area contributed by atoms with E-state index in [9.17, 15) is 18.0 Å². The normalized spacial score (nSPS) is 11.2. The molecule has 10 heteroatoms. The second kappa shape index (κ2) is 8.13. The van der Waals surface area contributed by atoms with Gasteiger partial charge < -0.3 is 15.8 Å². The Kier molecular flexibility index (Phi) is 5.62. The van der Waals surface area contributed by atoms with Gasteiger partial charge in [0.2, 0.25) is 11.9 Å². The zero-order valence-corrected chi connectivity index (χ0v) is 15.2. The topological polar surface area (TPSA) is 103 Å². The summed E-state index contributed by atoms with van der Waals surface area (Å²) in [5, 5.41) is 2.95. The van der Waals surface area contributed by atoms with Gasteiger partial charge in [-0.2, -0.15) is 28.1 Å². The molecule has 0 radical (unpaired) electrons. The van der Waals surface area contributed by atoms with Crippen molar-refractivity contribution < 1.29 is 22.7 Å². The van der Waals surface area contributed by atoms with Gasteiger partial charge in [0.25, 0.3) is 0 Å². The van der Waals surface area contributed by atoms with Gasteiger partial charge in [-0.15, -0.1) is 0 Å². The maximum atomic E-state index is 12.8. The van der Waals surface area contributed by atoms with E-state index in [1.54, 1.807) is 0 Å². The van der Waals surface area contributed by atoms with Crippen molar-refractivity contribution in [1.82, 2.24) is 15.0 Å². The molecule has 1 aromatic heterocycles. The summed E-state index contributed by atoms with van der Waals surface area (Å²) in [6, 6.07) is 11.4. The summed E-state index contributed by atoms with van der Waals surface area (Å²) < 4.78 is 43.3. The highest BCUT2D eigenvalue weighted by Crippen LogP contribution is 2.29. The molecular weight excluding hydrogens is 387 g/mol. The third-order valence-corrected chi connectivity index (χ3v) is 3.76. The van der Waals surface area contributed by atoms with Gasteiger partial charge in [0, 0.05) is 5.69 Å². The number of aryl methyl sites for hydroxylation is 1. The average Bonchev–Trinajstić information content (AvgIpc) is 2.67. The number of carbonyl (C=O) groups is 1. The zero-order valence-electron chi connectivity index (χ0n) is 15.2. The van der Waals surface area contributed by atoms with Crippen LogP contribution in [0.4, 0.5) is 30.8 Å². The number of esters is 1. The molecular formula is C19H16F3N5O2. The summed E-state index contributed by atoms with van der Waals surface area (Å²) in [4.78, 5) is 24.0. The van der Waals surface area contributed by atoms with Crippen molar-refractivity contribution >= 4 is 23.6 Å². The maximum absolute atomic E-state index is 12.8. The molecule has 3 rings (SSSR count). The number of nitrogen functional groups attached to an aromatic ring is 1. The summed E-state index contributed by atoms with van der Waals surface area (Å²) in [7, 11) is 0. The number of nitrogens with one attached hydrogen (secondary N) is 1. The lowest BCUT2D eigenvalue weighted by atomic mass is 10.1. The maximum Gasteiger partial charge on any atom is 0.416 e. The fourth-order valence-corrected chi connectivity index (χ4v) is 2.36. The molecule has 0 bridgehead atoms. The number of hydrogen-bond donors (Lipinski definition) is 2. The highest BCUT2D eigenvalue weighted by Gasteiger charge is 2.31. The number of aromatic nitrogens is 3. The van der Waals surface area contributed by atoms with Gasteiger partial charge in [-0.05, 0) is 37.3 Å². The highest BCUT2D eigenvalue weighted by molar-refractivity contribution is 5.89. The minimum Gasteiger partial charge on any atom is -0.454 e. The summed E-state index contributed by atoms with van der Waals surface area (Å²) in [6.45, 7) is 1.56. The number of ether oxygens (including phenoxy) is 1. The molecule has 3 aromatic rings. The van der Waals surface area contributed by atoms with Gasteiger partial charge in [0.15, 0.2) is 12.4 Å². The van der Waals surface area contributed by atoms with Crippen LogP contribution in [0.25, 0.3) is 0 Å². The fraction of sp³-hybridized carbons (Fsp3) is 0.158. The van der Waals surface area contributed by atoms with Crippen molar-refractivity contribution in [3.05, 3.63) is 71.0 Å². The van der Waals surface area contributed by atoms with E-state index in [0.29, 0.717) is 11.8 Å².